The van der Waals surface area contributed by atoms with Gasteiger partial charge in [-0.25, -0.2) is 4.79 Å². The lowest BCUT2D eigenvalue weighted by Gasteiger charge is -2.48. The first-order valence-electron chi connectivity index (χ1n) is 7.39. The lowest BCUT2D eigenvalue weighted by molar-refractivity contribution is -0.329. The highest BCUT2D eigenvalue weighted by atomic mass is 16.6. The molecule has 4 heteroatoms. The van der Waals surface area contributed by atoms with Crippen molar-refractivity contribution in [2.45, 2.75) is 59.0 Å². The molecule has 0 aliphatic carbocycles. The minimum Gasteiger partial charge on any atom is -0.875 e. The Bertz CT molecular complexity index is 370. The molecule has 0 spiro atoms. The summed E-state index contributed by atoms with van der Waals surface area (Å²) in [7, 11) is 0. The number of hydrogen-bond acceptors (Lipinski definition) is 3. The van der Waals surface area contributed by atoms with E-state index in [1.807, 2.05) is 27.7 Å². The van der Waals surface area contributed by atoms with Crippen molar-refractivity contribution < 1.29 is 14.6 Å². The summed E-state index contributed by atoms with van der Waals surface area (Å²) < 4.78 is 5.40. The maximum absolute atomic E-state index is 12.3. The molecule has 0 radical (unpaired) electrons. The van der Waals surface area contributed by atoms with Gasteiger partial charge in [0.2, 0.25) is 0 Å². The summed E-state index contributed by atoms with van der Waals surface area (Å²) in [6, 6.07) is 0. The van der Waals surface area contributed by atoms with E-state index in [0.29, 0.717) is 25.9 Å². The summed E-state index contributed by atoms with van der Waals surface area (Å²) in [6.45, 7) is 12.5. The van der Waals surface area contributed by atoms with E-state index >= 15 is 0 Å². The molecule has 20 heavy (non-hydrogen) atoms. The van der Waals surface area contributed by atoms with Gasteiger partial charge < -0.3 is 21.7 Å². The Morgan fingerprint density at radius 3 is 2.65 bits per heavy atom. The van der Waals surface area contributed by atoms with Crippen LogP contribution in [-0.2, 0) is 4.74 Å². The Kier molecular flexibility index (Phi) is 5.49. The van der Waals surface area contributed by atoms with Gasteiger partial charge in [0.25, 0.3) is 0 Å². The zero-order valence-electron chi connectivity index (χ0n) is 13.2. The van der Waals surface area contributed by atoms with E-state index in [-0.39, 0.29) is 11.9 Å². The molecule has 1 amide bonds. The van der Waals surface area contributed by atoms with Gasteiger partial charge in [-0.2, -0.15) is 6.42 Å². The van der Waals surface area contributed by atoms with Gasteiger partial charge in [-0.05, 0) is 45.4 Å². The molecule has 0 bridgehead atoms. The lowest BCUT2D eigenvalue weighted by Crippen LogP contribution is -2.50. The quantitative estimate of drug-likeness (QED) is 0.590. The van der Waals surface area contributed by atoms with E-state index in [9.17, 15) is 9.90 Å². The molecule has 0 aromatic rings. The number of amides is 1. The van der Waals surface area contributed by atoms with Crippen molar-refractivity contribution in [1.29, 1.82) is 0 Å². The molecule has 0 aromatic heterocycles. The predicted octanol–water partition coefficient (Wildman–Crippen LogP) is 2.88. The zero-order chi connectivity index (χ0) is 15.4. The van der Waals surface area contributed by atoms with Crippen LogP contribution in [0.25, 0.3) is 0 Å². The minimum absolute atomic E-state index is 0.114. The number of carbonyl (C=O) groups excluding carboxylic acids is 1. The van der Waals surface area contributed by atoms with Crippen molar-refractivity contribution in [2.75, 3.05) is 13.1 Å². The summed E-state index contributed by atoms with van der Waals surface area (Å²) in [5.74, 6) is 0.114. The fourth-order valence-electron chi connectivity index (χ4n) is 2.54. The maximum Gasteiger partial charge on any atom is 0.410 e. The number of rotatable bonds is 3. The Labute approximate surface area is 122 Å². The van der Waals surface area contributed by atoms with E-state index < -0.39 is 11.0 Å². The highest BCUT2D eigenvalue weighted by Crippen LogP contribution is 2.38. The van der Waals surface area contributed by atoms with E-state index in [2.05, 4.69) is 6.92 Å². The minimum atomic E-state index is -0.523. The summed E-state index contributed by atoms with van der Waals surface area (Å²) in [6.07, 6.45) is 4.22. The molecule has 1 rings (SSSR count). The van der Waals surface area contributed by atoms with E-state index in [4.69, 9.17) is 4.74 Å². The molecule has 0 N–H and O–H groups in total. The molecular formula is C16H27NO3-2. The first-order valence-corrected chi connectivity index (χ1v) is 7.39. The van der Waals surface area contributed by atoms with Gasteiger partial charge in [0.1, 0.15) is 5.60 Å². The molecule has 0 aromatic carbocycles. The second-order valence-corrected chi connectivity index (χ2v) is 6.51. The predicted molar refractivity (Wildman–Crippen MR) is 77.8 cm³/mol. The molecule has 1 heterocycles. The molecule has 1 aliphatic heterocycles. The van der Waals surface area contributed by atoms with Crippen LogP contribution in [0.15, 0.2) is 11.8 Å². The number of allylic oxidation sites excluding steroid dienone is 1. The average Bonchev–Trinajstić information content (AvgIpc) is 2.37. The number of hydrogen-bond donors (Lipinski definition) is 0. The fourth-order valence-corrected chi connectivity index (χ4v) is 2.54. The molecule has 1 unspecified atom stereocenters. The summed E-state index contributed by atoms with van der Waals surface area (Å²) in [4.78, 5) is 13.8. The molecule has 0 saturated carbocycles. The molecule has 1 saturated heterocycles. The maximum atomic E-state index is 12.3. The normalized spacial score (nSPS) is 24.6. The van der Waals surface area contributed by atoms with E-state index in [1.54, 1.807) is 11.0 Å². The largest absolute Gasteiger partial charge is 0.875 e. The average molecular weight is 281 g/mol. The zero-order valence-corrected chi connectivity index (χ0v) is 13.2. The van der Waals surface area contributed by atoms with Crippen molar-refractivity contribution in [3.63, 3.8) is 0 Å². The van der Waals surface area contributed by atoms with Gasteiger partial charge in [-0.3, -0.25) is 0 Å². The van der Waals surface area contributed by atoms with Crippen LogP contribution in [0.3, 0.4) is 0 Å². The second-order valence-electron chi connectivity index (χ2n) is 6.51. The first kappa shape index (κ1) is 16.9. The Morgan fingerprint density at radius 1 is 1.50 bits per heavy atom. The Hall–Kier alpha value is -1.19. The molecule has 4 nitrogen and oxygen atoms in total. The van der Waals surface area contributed by atoms with Gasteiger partial charge in [-0.1, -0.05) is 13.0 Å². The van der Waals surface area contributed by atoms with Gasteiger partial charge in [-0.15, -0.1) is 5.76 Å². The third-order valence-electron chi connectivity index (χ3n) is 3.62. The molecule has 1 atom stereocenters. The smallest absolute Gasteiger partial charge is 0.410 e. The van der Waals surface area contributed by atoms with Crippen molar-refractivity contribution in [3.8, 4) is 0 Å². The molecule has 1 aliphatic rings. The Morgan fingerprint density at radius 2 is 2.15 bits per heavy atom. The van der Waals surface area contributed by atoms with Crippen LogP contribution >= 0.6 is 0 Å². The number of nitrogens with zero attached hydrogens (tertiary/aromatic N) is 1. The third-order valence-corrected chi connectivity index (χ3v) is 3.62. The number of carbonyl (C=O) groups is 1. The van der Waals surface area contributed by atoms with Gasteiger partial charge in [0.05, 0.1) is 0 Å². The van der Waals surface area contributed by atoms with Crippen LogP contribution in [-0.4, -0.2) is 29.7 Å². The monoisotopic (exact) mass is 281 g/mol. The SMILES string of the molecule is [CH2-]CC1(C([O-])=CCC)CCCN(C(=O)OC(C)(C)C)C1. The van der Waals surface area contributed by atoms with Crippen LogP contribution < -0.4 is 5.11 Å². The van der Waals surface area contributed by atoms with Crippen molar-refractivity contribution in [3.05, 3.63) is 18.8 Å². The summed E-state index contributed by atoms with van der Waals surface area (Å²) in [5, 5.41) is 12.3. The van der Waals surface area contributed by atoms with Crippen molar-refractivity contribution in [1.82, 2.24) is 4.90 Å². The molecular weight excluding hydrogens is 254 g/mol. The van der Waals surface area contributed by atoms with Gasteiger partial charge >= 0.3 is 6.09 Å². The molecule has 116 valence electrons. The van der Waals surface area contributed by atoms with Crippen LogP contribution in [0.2, 0.25) is 0 Å². The summed E-state index contributed by atoms with van der Waals surface area (Å²) >= 11 is 0. The number of likely N-dealkylation sites (tertiary alicyclic amines) is 1. The lowest BCUT2D eigenvalue weighted by atomic mass is 9.75. The Balaban J connectivity index is 2.84. The van der Waals surface area contributed by atoms with Gasteiger partial charge in [0.15, 0.2) is 0 Å². The van der Waals surface area contributed by atoms with Crippen LogP contribution in [0, 0.1) is 12.3 Å². The standard InChI is InChI=1S/C16H28NO3/c1-6-9-13(18)16(7-2)10-8-11-17(12-16)14(19)20-15(3,4)5/h9,18H,2,6-8,10-12H2,1,3-5H3/q-1/p-1. The number of piperidine rings is 1. The van der Waals surface area contributed by atoms with Gasteiger partial charge in [0, 0.05) is 13.1 Å². The second kappa shape index (κ2) is 6.51. The van der Waals surface area contributed by atoms with Crippen LogP contribution in [0.5, 0.6) is 0 Å². The summed E-state index contributed by atoms with van der Waals surface area (Å²) in [5.41, 5.74) is -1.04. The molecule has 1 fully saturated rings. The topological polar surface area (TPSA) is 52.6 Å². The first-order chi connectivity index (χ1) is 9.24. The highest BCUT2D eigenvalue weighted by Gasteiger charge is 2.34. The number of ether oxygens (including phenoxy) is 1. The van der Waals surface area contributed by atoms with E-state index in [0.717, 1.165) is 12.8 Å². The highest BCUT2D eigenvalue weighted by molar-refractivity contribution is 5.68. The van der Waals surface area contributed by atoms with Crippen molar-refractivity contribution in [2.24, 2.45) is 5.41 Å². The van der Waals surface area contributed by atoms with Crippen LogP contribution in [0.1, 0.15) is 53.4 Å². The third kappa shape index (κ3) is 4.15. The van der Waals surface area contributed by atoms with E-state index in [1.165, 1.54) is 0 Å². The van der Waals surface area contributed by atoms with Crippen molar-refractivity contribution >= 4 is 6.09 Å². The van der Waals surface area contributed by atoms with Crippen LogP contribution in [0.4, 0.5) is 4.79 Å². The fraction of sp³-hybridized carbons (Fsp3) is 0.750.